The van der Waals surface area contributed by atoms with E-state index >= 15 is 0 Å². The molecule has 3 N–H and O–H groups in total. The molecule has 0 aromatic heterocycles. The summed E-state index contributed by atoms with van der Waals surface area (Å²) in [5, 5.41) is 2.53. The number of nitrogens with two attached hydrogens (primary N) is 1. The van der Waals surface area contributed by atoms with Gasteiger partial charge >= 0.3 is 0 Å². The Morgan fingerprint density at radius 1 is 1.47 bits per heavy atom. The highest BCUT2D eigenvalue weighted by atomic mass is 79.9. The molecule has 0 fully saturated rings. The standard InChI is InChI=1S/C12H17BrN2O3S/c1-9(6-14)15-12(16)8-19(17,18)7-10-3-2-4-11(13)5-10/h2-5,9H,6-8,14H2,1H3,(H,15,16)/t9-/m0/s1. The maximum Gasteiger partial charge on any atom is 0.235 e. The third-order valence-corrected chi connectivity index (χ3v) is 4.36. The Hall–Kier alpha value is -0.920. The normalized spacial score (nSPS) is 13.0. The first kappa shape index (κ1) is 16.1. The van der Waals surface area contributed by atoms with Crippen LogP contribution in [0.2, 0.25) is 0 Å². The predicted molar refractivity (Wildman–Crippen MR) is 78.3 cm³/mol. The van der Waals surface area contributed by atoms with Gasteiger partial charge in [0.25, 0.3) is 0 Å². The highest BCUT2D eigenvalue weighted by Gasteiger charge is 2.18. The van der Waals surface area contributed by atoms with E-state index in [0.29, 0.717) is 5.56 Å². The lowest BCUT2D eigenvalue weighted by Crippen LogP contribution is -2.40. The Balaban J connectivity index is 2.64. The molecule has 0 aliphatic carbocycles. The van der Waals surface area contributed by atoms with E-state index in [1.807, 2.05) is 6.07 Å². The fraction of sp³-hybridized carbons (Fsp3) is 0.417. The van der Waals surface area contributed by atoms with Gasteiger partial charge in [0.15, 0.2) is 9.84 Å². The van der Waals surface area contributed by atoms with Gasteiger partial charge in [0.05, 0.1) is 5.75 Å². The Morgan fingerprint density at radius 3 is 2.74 bits per heavy atom. The van der Waals surface area contributed by atoms with Crippen LogP contribution in [0.3, 0.4) is 0 Å². The maximum atomic E-state index is 11.9. The first-order valence-corrected chi connectivity index (χ1v) is 8.38. The molecule has 7 heteroatoms. The molecule has 0 saturated carbocycles. The van der Waals surface area contributed by atoms with Crippen LogP contribution in [-0.4, -0.2) is 32.7 Å². The number of halogens is 1. The lowest BCUT2D eigenvalue weighted by molar-refractivity contribution is -0.119. The smallest absolute Gasteiger partial charge is 0.235 e. The van der Waals surface area contributed by atoms with Crippen molar-refractivity contribution in [2.75, 3.05) is 12.3 Å². The van der Waals surface area contributed by atoms with E-state index in [0.717, 1.165) is 4.47 Å². The lowest BCUT2D eigenvalue weighted by atomic mass is 10.2. The molecule has 5 nitrogen and oxygen atoms in total. The topological polar surface area (TPSA) is 89.3 Å². The van der Waals surface area contributed by atoms with Crippen LogP contribution in [0.4, 0.5) is 0 Å². The third-order valence-electron chi connectivity index (χ3n) is 2.39. The van der Waals surface area contributed by atoms with Gasteiger partial charge in [-0.25, -0.2) is 8.42 Å². The second-order valence-corrected chi connectivity index (χ2v) is 7.35. The van der Waals surface area contributed by atoms with Crippen molar-refractivity contribution in [3.8, 4) is 0 Å². The Labute approximate surface area is 121 Å². The summed E-state index contributed by atoms with van der Waals surface area (Å²) in [6, 6.07) is 6.77. The zero-order chi connectivity index (χ0) is 14.5. The van der Waals surface area contributed by atoms with Crippen LogP contribution in [0.25, 0.3) is 0 Å². The molecule has 0 unspecified atom stereocenters. The van der Waals surface area contributed by atoms with Gasteiger partial charge < -0.3 is 11.1 Å². The van der Waals surface area contributed by atoms with Crippen LogP contribution in [0.15, 0.2) is 28.7 Å². The van der Waals surface area contributed by atoms with Crippen molar-refractivity contribution >= 4 is 31.7 Å². The summed E-state index contributed by atoms with van der Waals surface area (Å²) in [5.41, 5.74) is 6.00. The molecule has 19 heavy (non-hydrogen) atoms. The molecule has 0 aliphatic rings. The van der Waals surface area contributed by atoms with Crippen molar-refractivity contribution in [1.82, 2.24) is 5.32 Å². The van der Waals surface area contributed by atoms with Gasteiger partial charge in [-0.15, -0.1) is 0 Å². The van der Waals surface area contributed by atoms with Gasteiger partial charge in [0.1, 0.15) is 5.75 Å². The first-order chi connectivity index (χ1) is 8.82. The first-order valence-electron chi connectivity index (χ1n) is 5.76. The molecular weight excluding hydrogens is 332 g/mol. The van der Waals surface area contributed by atoms with Gasteiger partial charge in [0.2, 0.25) is 5.91 Å². The number of carbonyl (C=O) groups is 1. The summed E-state index contributed by atoms with van der Waals surface area (Å²) in [5.74, 6) is -1.20. The average molecular weight is 349 g/mol. The number of benzene rings is 1. The van der Waals surface area contributed by atoms with Crippen LogP contribution in [0.1, 0.15) is 12.5 Å². The van der Waals surface area contributed by atoms with Crippen molar-refractivity contribution in [2.24, 2.45) is 5.73 Å². The highest BCUT2D eigenvalue weighted by molar-refractivity contribution is 9.10. The van der Waals surface area contributed by atoms with Crippen LogP contribution in [0, 0.1) is 0 Å². The number of hydrogen-bond donors (Lipinski definition) is 2. The molecule has 0 bridgehead atoms. The van der Waals surface area contributed by atoms with Gasteiger partial charge in [-0.2, -0.15) is 0 Å². The van der Waals surface area contributed by atoms with E-state index in [1.165, 1.54) is 0 Å². The summed E-state index contributed by atoms with van der Waals surface area (Å²) >= 11 is 3.27. The Bertz CT molecular complexity index is 546. The van der Waals surface area contributed by atoms with E-state index in [1.54, 1.807) is 25.1 Å². The zero-order valence-corrected chi connectivity index (χ0v) is 13.0. The highest BCUT2D eigenvalue weighted by Crippen LogP contribution is 2.14. The van der Waals surface area contributed by atoms with Gasteiger partial charge in [-0.3, -0.25) is 4.79 Å². The molecule has 1 rings (SSSR count). The summed E-state index contributed by atoms with van der Waals surface area (Å²) in [7, 11) is -3.48. The van der Waals surface area contributed by atoms with E-state index in [4.69, 9.17) is 5.73 Å². The number of rotatable bonds is 6. The van der Waals surface area contributed by atoms with Gasteiger partial charge in [-0.05, 0) is 24.6 Å². The second kappa shape index (κ2) is 7.02. The molecule has 1 aromatic carbocycles. The van der Waals surface area contributed by atoms with Crippen LogP contribution >= 0.6 is 15.9 Å². The van der Waals surface area contributed by atoms with Crippen molar-refractivity contribution in [1.29, 1.82) is 0 Å². The number of nitrogens with one attached hydrogen (secondary N) is 1. The van der Waals surface area contributed by atoms with Crippen molar-refractivity contribution in [3.63, 3.8) is 0 Å². The number of carbonyl (C=O) groups excluding carboxylic acids is 1. The minimum atomic E-state index is -3.48. The average Bonchev–Trinajstić information content (AvgIpc) is 2.26. The van der Waals surface area contributed by atoms with Gasteiger partial charge in [0, 0.05) is 17.1 Å². The minimum absolute atomic E-state index is 0.156. The lowest BCUT2D eigenvalue weighted by Gasteiger charge is -2.11. The molecule has 1 atom stereocenters. The minimum Gasteiger partial charge on any atom is -0.351 e. The summed E-state index contributed by atoms with van der Waals surface area (Å²) < 4.78 is 24.6. The number of hydrogen-bond acceptors (Lipinski definition) is 4. The monoisotopic (exact) mass is 348 g/mol. The number of sulfone groups is 1. The van der Waals surface area contributed by atoms with Gasteiger partial charge in [-0.1, -0.05) is 28.1 Å². The van der Waals surface area contributed by atoms with Crippen molar-refractivity contribution in [3.05, 3.63) is 34.3 Å². The molecule has 0 radical (unpaired) electrons. The third kappa shape index (κ3) is 6.17. The number of amides is 1. The van der Waals surface area contributed by atoms with Crippen molar-refractivity contribution < 1.29 is 13.2 Å². The molecule has 0 saturated heterocycles. The van der Waals surface area contributed by atoms with Crippen LogP contribution < -0.4 is 11.1 Å². The Morgan fingerprint density at radius 2 is 2.16 bits per heavy atom. The van der Waals surface area contributed by atoms with E-state index < -0.39 is 21.5 Å². The fourth-order valence-corrected chi connectivity index (χ4v) is 3.23. The zero-order valence-electron chi connectivity index (χ0n) is 10.6. The molecule has 1 aromatic rings. The predicted octanol–water partition coefficient (Wildman–Crippen LogP) is 0.827. The summed E-state index contributed by atoms with van der Waals surface area (Å²) in [6.07, 6.45) is 0. The van der Waals surface area contributed by atoms with E-state index in [9.17, 15) is 13.2 Å². The molecular formula is C12H17BrN2O3S. The fourth-order valence-electron chi connectivity index (χ4n) is 1.51. The molecule has 0 aliphatic heterocycles. The largest absolute Gasteiger partial charge is 0.351 e. The van der Waals surface area contributed by atoms with E-state index in [-0.39, 0.29) is 18.3 Å². The van der Waals surface area contributed by atoms with Crippen LogP contribution in [0.5, 0.6) is 0 Å². The molecule has 106 valence electrons. The molecule has 0 heterocycles. The van der Waals surface area contributed by atoms with Crippen molar-refractivity contribution in [2.45, 2.75) is 18.7 Å². The quantitative estimate of drug-likeness (QED) is 0.796. The Kier molecular flexibility index (Phi) is 5.96. The SMILES string of the molecule is C[C@@H](CN)NC(=O)CS(=O)(=O)Cc1cccc(Br)c1. The maximum absolute atomic E-state index is 11.9. The summed E-state index contributed by atoms with van der Waals surface area (Å²) in [4.78, 5) is 11.5. The molecule has 1 amide bonds. The van der Waals surface area contributed by atoms with E-state index in [2.05, 4.69) is 21.2 Å². The second-order valence-electron chi connectivity index (χ2n) is 4.37. The molecule has 0 spiro atoms. The summed E-state index contributed by atoms with van der Waals surface area (Å²) in [6.45, 7) is 2.00. The van der Waals surface area contributed by atoms with Crippen LogP contribution in [-0.2, 0) is 20.4 Å².